The second kappa shape index (κ2) is 7.34. The summed E-state index contributed by atoms with van der Waals surface area (Å²) < 4.78 is 16.8. The van der Waals surface area contributed by atoms with Gasteiger partial charge in [-0.3, -0.25) is 0 Å². The van der Waals surface area contributed by atoms with Crippen LogP contribution in [0.4, 0.5) is 0 Å². The molecule has 1 fully saturated rings. The zero-order chi connectivity index (χ0) is 13.9. The molecule has 0 radical (unpaired) electrons. The fraction of sp³-hybridized carbons (Fsp3) is 0.625. The van der Waals surface area contributed by atoms with Gasteiger partial charge in [0, 0.05) is 6.54 Å². The van der Waals surface area contributed by atoms with Gasteiger partial charge < -0.3 is 19.1 Å². The van der Waals surface area contributed by atoms with E-state index in [4.69, 9.17) is 14.2 Å². The number of likely N-dealkylation sites (tertiary alicyclic amines) is 1. The quantitative estimate of drug-likeness (QED) is 0.855. The number of halogens is 1. The van der Waals surface area contributed by atoms with Crippen molar-refractivity contribution in [3.8, 4) is 11.5 Å². The van der Waals surface area contributed by atoms with Crippen molar-refractivity contribution in [1.29, 1.82) is 0 Å². The highest BCUT2D eigenvalue weighted by Gasteiger charge is 2.26. The Labute approximate surface area is 132 Å². The summed E-state index contributed by atoms with van der Waals surface area (Å²) in [4.78, 5) is 2.50. The highest BCUT2D eigenvalue weighted by Crippen LogP contribution is 2.37. The monoisotopic (exact) mass is 313 g/mol. The van der Waals surface area contributed by atoms with Crippen molar-refractivity contribution >= 4 is 12.4 Å². The summed E-state index contributed by atoms with van der Waals surface area (Å²) in [6.07, 6.45) is 3.74. The molecule has 0 N–H and O–H groups in total. The van der Waals surface area contributed by atoms with Crippen LogP contribution in [0.3, 0.4) is 0 Å². The van der Waals surface area contributed by atoms with E-state index in [-0.39, 0.29) is 18.5 Å². The lowest BCUT2D eigenvalue weighted by Crippen LogP contribution is -2.30. The first-order chi connectivity index (χ1) is 9.81. The van der Waals surface area contributed by atoms with E-state index < -0.39 is 0 Å². The number of nitrogens with zero attached hydrogens (tertiary/aromatic N) is 1. The molecule has 1 aromatic rings. The average Bonchev–Trinajstić information content (AvgIpc) is 2.99. The Balaban J connectivity index is 0.00000161. The molecule has 0 spiro atoms. The van der Waals surface area contributed by atoms with Crippen LogP contribution in [-0.4, -0.2) is 45.4 Å². The molecule has 0 aliphatic carbocycles. The van der Waals surface area contributed by atoms with Gasteiger partial charge in [-0.05, 0) is 55.6 Å². The zero-order valence-corrected chi connectivity index (χ0v) is 13.6. The Bertz CT molecular complexity index is 475. The van der Waals surface area contributed by atoms with Gasteiger partial charge in [-0.25, -0.2) is 0 Å². The lowest BCUT2D eigenvalue weighted by atomic mass is 9.96. The third-order valence-corrected chi connectivity index (χ3v) is 4.31. The summed E-state index contributed by atoms with van der Waals surface area (Å²) in [6, 6.07) is 4.20. The minimum absolute atomic E-state index is 0. The van der Waals surface area contributed by atoms with E-state index in [9.17, 15) is 0 Å². The normalized spacial score (nSPS) is 21.5. The van der Waals surface area contributed by atoms with Crippen LogP contribution in [-0.2, 0) is 11.2 Å². The smallest absolute Gasteiger partial charge is 0.161 e. The molecule has 1 aromatic carbocycles. The molecule has 0 aromatic heterocycles. The molecule has 0 bridgehead atoms. The second-order valence-electron chi connectivity index (χ2n) is 5.52. The van der Waals surface area contributed by atoms with E-state index in [0.717, 1.165) is 31.1 Å². The van der Waals surface area contributed by atoms with E-state index >= 15 is 0 Å². The minimum Gasteiger partial charge on any atom is -0.493 e. The van der Waals surface area contributed by atoms with E-state index in [1.807, 2.05) is 0 Å². The SMILES string of the molecule is COc1cc2c(cc1OC)C(CN1CCCC1)OCC2.Cl. The molecule has 2 aliphatic rings. The first-order valence-electron chi connectivity index (χ1n) is 7.40. The average molecular weight is 314 g/mol. The fourth-order valence-electron chi connectivity index (χ4n) is 3.20. The first-order valence-corrected chi connectivity index (χ1v) is 7.40. The minimum atomic E-state index is 0. The molecule has 4 nitrogen and oxygen atoms in total. The Morgan fingerprint density at radius 3 is 2.48 bits per heavy atom. The van der Waals surface area contributed by atoms with E-state index in [2.05, 4.69) is 17.0 Å². The Morgan fingerprint density at radius 2 is 1.81 bits per heavy atom. The number of hydrogen-bond donors (Lipinski definition) is 0. The van der Waals surface area contributed by atoms with E-state index in [1.54, 1.807) is 14.2 Å². The maximum absolute atomic E-state index is 6.00. The first kappa shape index (κ1) is 16.4. The van der Waals surface area contributed by atoms with Gasteiger partial charge in [-0.15, -0.1) is 12.4 Å². The van der Waals surface area contributed by atoms with Crippen LogP contribution in [0.25, 0.3) is 0 Å². The van der Waals surface area contributed by atoms with Crippen LogP contribution in [0.5, 0.6) is 11.5 Å². The molecule has 0 amide bonds. The Kier molecular flexibility index (Phi) is 5.73. The summed E-state index contributed by atoms with van der Waals surface area (Å²) >= 11 is 0. The molecular formula is C16H24ClNO3. The van der Waals surface area contributed by atoms with Crippen molar-refractivity contribution in [2.45, 2.75) is 25.4 Å². The molecular weight excluding hydrogens is 290 g/mol. The van der Waals surface area contributed by atoms with Crippen LogP contribution in [0, 0.1) is 0 Å². The van der Waals surface area contributed by atoms with Gasteiger partial charge in [0.2, 0.25) is 0 Å². The molecule has 1 unspecified atom stereocenters. The number of hydrogen-bond acceptors (Lipinski definition) is 4. The third kappa shape index (κ3) is 3.44. The van der Waals surface area contributed by atoms with Crippen LogP contribution in [0.1, 0.15) is 30.1 Å². The van der Waals surface area contributed by atoms with Crippen molar-refractivity contribution in [1.82, 2.24) is 4.90 Å². The lowest BCUT2D eigenvalue weighted by molar-refractivity contribution is 0.0204. The number of benzene rings is 1. The highest BCUT2D eigenvalue weighted by molar-refractivity contribution is 5.85. The summed E-state index contributed by atoms with van der Waals surface area (Å²) in [5, 5.41) is 0. The standard InChI is InChI=1S/C16H23NO3.ClH/c1-18-14-9-12-5-8-20-16(11-17-6-3-4-7-17)13(12)10-15(14)19-2;/h9-10,16H,3-8,11H2,1-2H3;1H. The van der Waals surface area contributed by atoms with Crippen LogP contribution >= 0.6 is 12.4 Å². The molecule has 21 heavy (non-hydrogen) atoms. The largest absolute Gasteiger partial charge is 0.493 e. The number of ether oxygens (including phenoxy) is 3. The molecule has 2 heterocycles. The molecule has 118 valence electrons. The maximum atomic E-state index is 6.00. The Hall–Kier alpha value is -0.970. The highest BCUT2D eigenvalue weighted by atomic mass is 35.5. The fourth-order valence-corrected chi connectivity index (χ4v) is 3.20. The molecule has 1 atom stereocenters. The van der Waals surface area contributed by atoms with Crippen LogP contribution in [0.2, 0.25) is 0 Å². The molecule has 0 saturated carbocycles. The van der Waals surface area contributed by atoms with Crippen LogP contribution < -0.4 is 9.47 Å². The summed E-state index contributed by atoms with van der Waals surface area (Å²) in [6.45, 7) is 4.18. The molecule has 3 rings (SSSR count). The molecule has 1 saturated heterocycles. The van der Waals surface area contributed by atoms with Crippen molar-refractivity contribution in [2.24, 2.45) is 0 Å². The van der Waals surface area contributed by atoms with Gasteiger partial charge in [0.05, 0.1) is 26.9 Å². The third-order valence-electron chi connectivity index (χ3n) is 4.31. The zero-order valence-electron chi connectivity index (χ0n) is 12.8. The van der Waals surface area contributed by atoms with Gasteiger partial charge >= 0.3 is 0 Å². The van der Waals surface area contributed by atoms with Crippen molar-refractivity contribution in [3.63, 3.8) is 0 Å². The summed E-state index contributed by atoms with van der Waals surface area (Å²) in [5.41, 5.74) is 2.60. The summed E-state index contributed by atoms with van der Waals surface area (Å²) in [5.74, 6) is 1.61. The molecule has 5 heteroatoms. The predicted molar refractivity (Wildman–Crippen MR) is 84.9 cm³/mol. The number of rotatable bonds is 4. The van der Waals surface area contributed by atoms with Gasteiger partial charge in [0.15, 0.2) is 11.5 Å². The Morgan fingerprint density at radius 1 is 1.14 bits per heavy atom. The topological polar surface area (TPSA) is 30.9 Å². The lowest BCUT2D eigenvalue weighted by Gasteiger charge is -2.30. The summed E-state index contributed by atoms with van der Waals surface area (Å²) in [7, 11) is 3.37. The predicted octanol–water partition coefficient (Wildman–Crippen LogP) is 2.84. The van der Waals surface area contributed by atoms with Crippen molar-refractivity contribution in [3.05, 3.63) is 23.3 Å². The van der Waals surface area contributed by atoms with Gasteiger partial charge in [-0.2, -0.15) is 0 Å². The van der Waals surface area contributed by atoms with Crippen LogP contribution in [0.15, 0.2) is 12.1 Å². The number of methoxy groups -OCH3 is 2. The second-order valence-corrected chi connectivity index (χ2v) is 5.52. The van der Waals surface area contributed by atoms with Crippen molar-refractivity contribution in [2.75, 3.05) is 40.5 Å². The van der Waals surface area contributed by atoms with E-state index in [0.29, 0.717) is 0 Å². The van der Waals surface area contributed by atoms with E-state index in [1.165, 1.54) is 37.1 Å². The van der Waals surface area contributed by atoms with Gasteiger partial charge in [0.25, 0.3) is 0 Å². The number of fused-ring (bicyclic) bond motifs is 1. The maximum Gasteiger partial charge on any atom is 0.161 e. The van der Waals surface area contributed by atoms with Gasteiger partial charge in [0.1, 0.15) is 0 Å². The van der Waals surface area contributed by atoms with Gasteiger partial charge in [-0.1, -0.05) is 0 Å². The molecule has 2 aliphatic heterocycles. The van der Waals surface area contributed by atoms with Crippen molar-refractivity contribution < 1.29 is 14.2 Å².